The molecule has 0 aliphatic carbocycles. The average molecular weight is 408 g/mol. The molecule has 1 aliphatic heterocycles. The SMILES string of the molecule is COC(=O)NC(=O)[C@@H](C)Sc1nnc(-c2ccc(F)cc2)n1C[C@@H]1CCCO1. The molecule has 0 spiro atoms. The minimum atomic E-state index is -0.815. The maximum atomic E-state index is 13.3. The van der Waals surface area contributed by atoms with Crippen LogP contribution < -0.4 is 5.32 Å². The van der Waals surface area contributed by atoms with E-state index in [0.29, 0.717) is 29.7 Å². The van der Waals surface area contributed by atoms with E-state index in [1.165, 1.54) is 31.0 Å². The van der Waals surface area contributed by atoms with Gasteiger partial charge in [0.25, 0.3) is 0 Å². The van der Waals surface area contributed by atoms with Crippen molar-refractivity contribution in [3.63, 3.8) is 0 Å². The van der Waals surface area contributed by atoms with Crippen molar-refractivity contribution in [1.29, 1.82) is 0 Å². The smallest absolute Gasteiger partial charge is 0.413 e. The molecule has 150 valence electrons. The Balaban J connectivity index is 1.84. The molecular formula is C18H21FN4O4S. The van der Waals surface area contributed by atoms with E-state index in [-0.39, 0.29) is 11.9 Å². The number of hydrogen-bond donors (Lipinski definition) is 1. The number of thioether (sulfide) groups is 1. The van der Waals surface area contributed by atoms with Crippen LogP contribution >= 0.6 is 11.8 Å². The highest BCUT2D eigenvalue weighted by Gasteiger charge is 2.25. The number of nitrogens with zero attached hydrogens (tertiary/aromatic N) is 3. The van der Waals surface area contributed by atoms with Crippen LogP contribution in [0.2, 0.25) is 0 Å². The average Bonchev–Trinajstić information content (AvgIpc) is 3.33. The van der Waals surface area contributed by atoms with E-state index in [1.807, 2.05) is 4.57 Å². The Morgan fingerprint density at radius 1 is 1.39 bits per heavy atom. The second kappa shape index (κ2) is 9.16. The van der Waals surface area contributed by atoms with Crippen molar-refractivity contribution < 1.29 is 23.5 Å². The minimum Gasteiger partial charge on any atom is -0.453 e. The van der Waals surface area contributed by atoms with Crippen LogP contribution in [0.4, 0.5) is 9.18 Å². The van der Waals surface area contributed by atoms with Crippen LogP contribution in [0.3, 0.4) is 0 Å². The van der Waals surface area contributed by atoms with Crippen LogP contribution in [0.15, 0.2) is 29.4 Å². The molecular weight excluding hydrogens is 387 g/mol. The second-order valence-corrected chi connectivity index (χ2v) is 7.61. The maximum absolute atomic E-state index is 13.3. The number of amides is 2. The fourth-order valence-corrected chi connectivity index (χ4v) is 3.67. The third-order valence-electron chi connectivity index (χ3n) is 4.29. The first-order chi connectivity index (χ1) is 13.5. The van der Waals surface area contributed by atoms with Crippen LogP contribution in [0.5, 0.6) is 0 Å². The number of methoxy groups -OCH3 is 1. The van der Waals surface area contributed by atoms with Gasteiger partial charge in [-0.15, -0.1) is 10.2 Å². The first-order valence-electron chi connectivity index (χ1n) is 8.84. The summed E-state index contributed by atoms with van der Waals surface area (Å²) in [5.41, 5.74) is 0.713. The lowest BCUT2D eigenvalue weighted by Gasteiger charge is -2.16. The second-order valence-electron chi connectivity index (χ2n) is 6.30. The number of halogens is 1. The van der Waals surface area contributed by atoms with Gasteiger partial charge in [0, 0.05) is 12.2 Å². The van der Waals surface area contributed by atoms with Crippen molar-refractivity contribution in [1.82, 2.24) is 20.1 Å². The minimum absolute atomic E-state index is 0.0220. The van der Waals surface area contributed by atoms with Crippen molar-refractivity contribution in [3.05, 3.63) is 30.1 Å². The van der Waals surface area contributed by atoms with Gasteiger partial charge in [-0.2, -0.15) is 0 Å². The molecule has 1 N–H and O–H groups in total. The Kier molecular flexibility index (Phi) is 6.63. The molecule has 2 amide bonds. The van der Waals surface area contributed by atoms with E-state index in [0.717, 1.165) is 12.8 Å². The van der Waals surface area contributed by atoms with E-state index < -0.39 is 17.3 Å². The van der Waals surface area contributed by atoms with E-state index >= 15 is 0 Å². The molecule has 1 aromatic carbocycles. The van der Waals surface area contributed by atoms with Gasteiger partial charge in [0.1, 0.15) is 5.82 Å². The van der Waals surface area contributed by atoms with Crippen LogP contribution in [0.25, 0.3) is 11.4 Å². The number of nitrogens with one attached hydrogen (secondary N) is 1. The molecule has 1 fully saturated rings. The van der Waals surface area contributed by atoms with Crippen molar-refractivity contribution in [2.45, 2.75) is 42.8 Å². The lowest BCUT2D eigenvalue weighted by atomic mass is 10.2. The Morgan fingerprint density at radius 2 is 2.14 bits per heavy atom. The van der Waals surface area contributed by atoms with Crippen molar-refractivity contribution in [2.75, 3.05) is 13.7 Å². The quantitative estimate of drug-likeness (QED) is 0.734. The number of imide groups is 1. The zero-order valence-corrected chi connectivity index (χ0v) is 16.4. The maximum Gasteiger partial charge on any atom is 0.413 e. The molecule has 0 unspecified atom stereocenters. The standard InChI is InChI=1S/C18H21FN4O4S/c1-11(16(24)20-18(25)26-2)28-17-22-21-15(12-5-7-13(19)8-6-12)23(17)10-14-4-3-9-27-14/h5-8,11,14H,3-4,9-10H2,1-2H3,(H,20,24,25)/t11-,14+/m1/s1. The Labute approximate surface area is 165 Å². The molecule has 0 bridgehead atoms. The lowest BCUT2D eigenvalue weighted by molar-refractivity contribution is -0.119. The first kappa shape index (κ1) is 20.3. The summed E-state index contributed by atoms with van der Waals surface area (Å²) in [7, 11) is 1.19. The van der Waals surface area contributed by atoms with Crippen molar-refractivity contribution in [2.24, 2.45) is 0 Å². The van der Waals surface area contributed by atoms with Gasteiger partial charge in [-0.3, -0.25) is 14.7 Å². The first-order valence-corrected chi connectivity index (χ1v) is 9.72. The zero-order chi connectivity index (χ0) is 20.1. The number of carbonyl (C=O) groups is 2. The summed E-state index contributed by atoms with van der Waals surface area (Å²) in [6.07, 6.45) is 1.11. The number of aromatic nitrogens is 3. The fourth-order valence-electron chi connectivity index (χ4n) is 2.81. The third kappa shape index (κ3) is 4.87. The van der Waals surface area contributed by atoms with Crippen LogP contribution in [-0.2, 0) is 20.8 Å². The number of benzene rings is 1. The highest BCUT2D eigenvalue weighted by atomic mass is 32.2. The molecule has 2 aromatic rings. The van der Waals surface area contributed by atoms with Gasteiger partial charge in [0.2, 0.25) is 5.91 Å². The summed E-state index contributed by atoms with van der Waals surface area (Å²) in [4.78, 5) is 23.4. The molecule has 1 aliphatic rings. The van der Waals surface area contributed by atoms with Gasteiger partial charge in [-0.25, -0.2) is 9.18 Å². The number of ether oxygens (including phenoxy) is 2. The molecule has 28 heavy (non-hydrogen) atoms. The van der Waals surface area contributed by atoms with Crippen LogP contribution in [-0.4, -0.2) is 51.8 Å². The Morgan fingerprint density at radius 3 is 2.79 bits per heavy atom. The van der Waals surface area contributed by atoms with Gasteiger partial charge in [0.05, 0.1) is 25.0 Å². The summed E-state index contributed by atoms with van der Waals surface area (Å²) in [5.74, 6) is -0.262. The number of carbonyl (C=O) groups excluding carboxylic acids is 2. The highest BCUT2D eigenvalue weighted by molar-refractivity contribution is 8.00. The molecule has 10 heteroatoms. The van der Waals surface area contributed by atoms with Gasteiger partial charge in [0.15, 0.2) is 11.0 Å². The van der Waals surface area contributed by atoms with Crippen LogP contribution in [0.1, 0.15) is 19.8 Å². The lowest BCUT2D eigenvalue weighted by Crippen LogP contribution is -2.36. The Bertz CT molecular complexity index is 837. The largest absolute Gasteiger partial charge is 0.453 e. The third-order valence-corrected chi connectivity index (χ3v) is 5.37. The predicted octanol–water partition coefficient (Wildman–Crippen LogP) is 2.63. The monoisotopic (exact) mass is 408 g/mol. The summed E-state index contributed by atoms with van der Waals surface area (Å²) in [6, 6.07) is 5.99. The molecule has 8 nitrogen and oxygen atoms in total. The van der Waals surface area contributed by atoms with Gasteiger partial charge in [-0.1, -0.05) is 11.8 Å². The van der Waals surface area contributed by atoms with Gasteiger partial charge < -0.3 is 9.47 Å². The number of rotatable bonds is 6. The predicted molar refractivity (Wildman–Crippen MR) is 100 cm³/mol. The number of alkyl carbamates (subject to hydrolysis) is 1. The molecule has 2 heterocycles. The highest BCUT2D eigenvalue weighted by Crippen LogP contribution is 2.29. The molecule has 2 atom stereocenters. The fraction of sp³-hybridized carbons (Fsp3) is 0.444. The molecule has 1 saturated heterocycles. The van der Waals surface area contributed by atoms with E-state index in [9.17, 15) is 14.0 Å². The zero-order valence-electron chi connectivity index (χ0n) is 15.6. The normalized spacial score (nSPS) is 17.3. The molecule has 0 saturated carbocycles. The van der Waals surface area contributed by atoms with Crippen molar-refractivity contribution >= 4 is 23.8 Å². The summed E-state index contributed by atoms with van der Waals surface area (Å²) in [5, 5.41) is 10.5. The van der Waals surface area contributed by atoms with Gasteiger partial charge >= 0.3 is 6.09 Å². The van der Waals surface area contributed by atoms with E-state index in [2.05, 4.69) is 20.3 Å². The van der Waals surface area contributed by atoms with Gasteiger partial charge in [-0.05, 0) is 44.0 Å². The molecule has 3 rings (SSSR count). The topological polar surface area (TPSA) is 95.3 Å². The summed E-state index contributed by atoms with van der Waals surface area (Å²) in [6.45, 7) is 2.89. The summed E-state index contributed by atoms with van der Waals surface area (Å²) < 4.78 is 25.3. The number of hydrogen-bond acceptors (Lipinski definition) is 7. The van der Waals surface area contributed by atoms with Crippen molar-refractivity contribution in [3.8, 4) is 11.4 Å². The Hall–Kier alpha value is -2.46. The van der Waals surface area contributed by atoms with E-state index in [4.69, 9.17) is 4.74 Å². The molecule has 0 radical (unpaired) electrons. The summed E-state index contributed by atoms with van der Waals surface area (Å²) >= 11 is 1.17. The van der Waals surface area contributed by atoms with Crippen LogP contribution in [0, 0.1) is 5.82 Å². The van der Waals surface area contributed by atoms with E-state index in [1.54, 1.807) is 19.1 Å². The molecule has 1 aromatic heterocycles.